The molecule has 0 fully saturated rings. The van der Waals surface area contributed by atoms with Gasteiger partial charge in [0.15, 0.2) is 0 Å². The maximum atomic E-state index is 10.4. The van der Waals surface area contributed by atoms with Crippen molar-refractivity contribution in [3.63, 3.8) is 0 Å². The summed E-state index contributed by atoms with van der Waals surface area (Å²) in [7, 11) is 1.65. The van der Waals surface area contributed by atoms with Gasteiger partial charge in [-0.15, -0.1) is 0 Å². The quantitative estimate of drug-likeness (QED) is 0.375. The number of ether oxygens (including phenoxy) is 2. The third-order valence-electron chi connectivity index (χ3n) is 2.45. The van der Waals surface area contributed by atoms with Crippen LogP contribution in [0, 0.1) is 10.1 Å². The maximum absolute atomic E-state index is 10.4. The number of nitrogens with zero attached hydrogens (tertiary/aromatic N) is 1. The van der Waals surface area contributed by atoms with Crippen molar-refractivity contribution in [3.8, 4) is 0 Å². The van der Waals surface area contributed by atoms with E-state index in [2.05, 4.69) is 5.32 Å². The van der Waals surface area contributed by atoms with Crippen LogP contribution in [0.25, 0.3) is 0 Å². The van der Waals surface area contributed by atoms with E-state index in [0.717, 1.165) is 26.0 Å². The van der Waals surface area contributed by atoms with Crippen molar-refractivity contribution in [2.75, 3.05) is 33.5 Å². The van der Waals surface area contributed by atoms with Crippen molar-refractivity contribution in [2.24, 2.45) is 0 Å². The van der Waals surface area contributed by atoms with Gasteiger partial charge in [-0.25, -0.2) is 0 Å². The zero-order valence-corrected chi connectivity index (χ0v) is 11.1. The summed E-state index contributed by atoms with van der Waals surface area (Å²) in [6.45, 7) is 3.29. The van der Waals surface area contributed by atoms with Crippen LogP contribution in [-0.2, 0) is 16.0 Å². The summed E-state index contributed by atoms with van der Waals surface area (Å²) < 4.78 is 15.2. The highest BCUT2D eigenvalue weighted by molar-refractivity contribution is 5.17. The van der Waals surface area contributed by atoms with E-state index in [9.17, 15) is 10.1 Å². The van der Waals surface area contributed by atoms with Crippen LogP contribution in [0.3, 0.4) is 0 Å². The van der Waals surface area contributed by atoms with E-state index >= 15 is 0 Å². The fourth-order valence-corrected chi connectivity index (χ4v) is 1.47. The molecule has 0 spiro atoms. The molecule has 0 aliphatic heterocycles. The molecule has 7 nitrogen and oxygen atoms in total. The smallest absolute Gasteiger partial charge is 0.404 e. The molecule has 0 saturated carbocycles. The van der Waals surface area contributed by atoms with Gasteiger partial charge in [0.05, 0.1) is 25.8 Å². The number of methoxy groups -OCH3 is 1. The number of unbranched alkanes of at least 4 members (excludes halogenated alkanes) is 1. The first-order valence-electron chi connectivity index (χ1n) is 6.24. The molecule has 0 bridgehead atoms. The summed E-state index contributed by atoms with van der Waals surface area (Å²) in [5, 5.41) is 13.6. The lowest BCUT2D eigenvalue weighted by Gasteiger charge is -2.04. The van der Waals surface area contributed by atoms with Gasteiger partial charge >= 0.3 is 5.88 Å². The third-order valence-corrected chi connectivity index (χ3v) is 2.45. The highest BCUT2D eigenvalue weighted by Crippen LogP contribution is 2.15. The molecule has 1 N–H and O–H groups in total. The summed E-state index contributed by atoms with van der Waals surface area (Å²) in [4.78, 5) is 9.87. The van der Waals surface area contributed by atoms with E-state index in [1.165, 1.54) is 6.07 Å². The van der Waals surface area contributed by atoms with Gasteiger partial charge in [-0.3, -0.25) is 10.1 Å². The highest BCUT2D eigenvalue weighted by atomic mass is 16.6. The topological polar surface area (TPSA) is 86.8 Å². The Labute approximate surface area is 112 Å². The molecule has 0 atom stereocenters. The summed E-state index contributed by atoms with van der Waals surface area (Å²) in [6.07, 6.45) is 1.95. The molecule has 0 aliphatic rings. The van der Waals surface area contributed by atoms with Crippen molar-refractivity contribution in [3.05, 3.63) is 28.0 Å². The van der Waals surface area contributed by atoms with Gasteiger partial charge in [0.2, 0.25) is 0 Å². The monoisotopic (exact) mass is 272 g/mol. The molecule has 0 radical (unpaired) electrons. The minimum Gasteiger partial charge on any atom is -0.404 e. The molecule has 19 heavy (non-hydrogen) atoms. The third kappa shape index (κ3) is 6.90. The average Bonchev–Trinajstić information content (AvgIpc) is 2.86. The molecule has 108 valence electrons. The number of furan rings is 1. The Morgan fingerprint density at radius 3 is 2.84 bits per heavy atom. The van der Waals surface area contributed by atoms with Gasteiger partial charge in [0.1, 0.15) is 10.7 Å². The van der Waals surface area contributed by atoms with Crippen molar-refractivity contribution in [2.45, 2.75) is 19.4 Å². The predicted octanol–water partition coefficient (Wildman–Crippen LogP) is 1.72. The molecule has 1 rings (SSSR count). The number of hydrogen-bond acceptors (Lipinski definition) is 6. The number of hydrogen-bond donors (Lipinski definition) is 1. The van der Waals surface area contributed by atoms with Gasteiger partial charge in [-0.05, 0) is 25.5 Å². The molecule has 0 unspecified atom stereocenters. The van der Waals surface area contributed by atoms with E-state index in [1.807, 2.05) is 0 Å². The van der Waals surface area contributed by atoms with Crippen LogP contribution in [0.5, 0.6) is 0 Å². The largest absolute Gasteiger partial charge is 0.433 e. The van der Waals surface area contributed by atoms with Gasteiger partial charge in [0.25, 0.3) is 0 Å². The molecular weight excluding hydrogens is 252 g/mol. The van der Waals surface area contributed by atoms with E-state index in [-0.39, 0.29) is 5.88 Å². The SMILES string of the molecule is COCCOCCCCNCc1ccc([N+](=O)[O-])o1. The van der Waals surface area contributed by atoms with Crippen molar-refractivity contribution in [1.29, 1.82) is 0 Å². The Hall–Kier alpha value is -1.44. The molecule has 1 heterocycles. The lowest BCUT2D eigenvalue weighted by molar-refractivity contribution is -0.402. The zero-order chi connectivity index (χ0) is 13.9. The van der Waals surface area contributed by atoms with E-state index in [1.54, 1.807) is 13.2 Å². The Bertz CT molecular complexity index is 367. The summed E-state index contributed by atoms with van der Waals surface area (Å²) >= 11 is 0. The van der Waals surface area contributed by atoms with Crippen LogP contribution >= 0.6 is 0 Å². The minimum absolute atomic E-state index is 0.219. The van der Waals surface area contributed by atoms with E-state index in [4.69, 9.17) is 13.9 Å². The molecule has 1 aromatic heterocycles. The number of nitro groups is 1. The molecule has 7 heteroatoms. The van der Waals surface area contributed by atoms with Gasteiger partial charge in [-0.1, -0.05) is 0 Å². The molecular formula is C12H20N2O5. The number of nitrogens with one attached hydrogen (secondary N) is 1. The fraction of sp³-hybridized carbons (Fsp3) is 0.667. The van der Waals surface area contributed by atoms with Crippen LogP contribution in [0.1, 0.15) is 18.6 Å². The second-order valence-electron chi connectivity index (χ2n) is 3.99. The van der Waals surface area contributed by atoms with Gasteiger partial charge in [-0.2, -0.15) is 0 Å². The Balaban J connectivity index is 1.97. The molecule has 0 aromatic carbocycles. The van der Waals surface area contributed by atoms with Crippen LogP contribution in [0.4, 0.5) is 5.88 Å². The summed E-state index contributed by atoms with van der Waals surface area (Å²) in [6, 6.07) is 2.97. The van der Waals surface area contributed by atoms with Crippen LogP contribution in [-0.4, -0.2) is 38.4 Å². The van der Waals surface area contributed by atoms with Crippen LogP contribution in [0.15, 0.2) is 16.5 Å². The maximum Gasteiger partial charge on any atom is 0.433 e. The number of rotatable bonds is 11. The molecule has 0 saturated heterocycles. The lowest BCUT2D eigenvalue weighted by Crippen LogP contribution is -2.15. The Kier molecular flexibility index (Phi) is 7.80. The standard InChI is InChI=1S/C12H20N2O5/c1-17-8-9-18-7-3-2-6-13-10-11-4-5-12(19-11)14(15)16/h4-5,13H,2-3,6-10H2,1H3. The molecule has 0 aliphatic carbocycles. The summed E-state index contributed by atoms with van der Waals surface area (Å²) in [5.74, 6) is 0.353. The second-order valence-corrected chi connectivity index (χ2v) is 3.99. The zero-order valence-electron chi connectivity index (χ0n) is 11.1. The van der Waals surface area contributed by atoms with Crippen molar-refractivity contribution < 1.29 is 18.8 Å². The van der Waals surface area contributed by atoms with Crippen LogP contribution < -0.4 is 5.32 Å². The van der Waals surface area contributed by atoms with Crippen molar-refractivity contribution in [1.82, 2.24) is 5.32 Å². The second kappa shape index (κ2) is 9.48. The summed E-state index contributed by atoms with van der Waals surface area (Å²) in [5.41, 5.74) is 0. The first-order chi connectivity index (χ1) is 9.24. The minimum atomic E-state index is -0.541. The van der Waals surface area contributed by atoms with Crippen LogP contribution in [0.2, 0.25) is 0 Å². The first-order valence-corrected chi connectivity index (χ1v) is 6.24. The van der Waals surface area contributed by atoms with Gasteiger partial charge < -0.3 is 19.2 Å². The van der Waals surface area contributed by atoms with E-state index < -0.39 is 4.92 Å². The molecule has 0 amide bonds. The fourth-order valence-electron chi connectivity index (χ4n) is 1.47. The average molecular weight is 272 g/mol. The normalized spacial score (nSPS) is 10.8. The molecule has 1 aromatic rings. The highest BCUT2D eigenvalue weighted by Gasteiger charge is 2.10. The Morgan fingerprint density at radius 1 is 1.32 bits per heavy atom. The van der Waals surface area contributed by atoms with Crippen molar-refractivity contribution >= 4 is 5.88 Å². The predicted molar refractivity (Wildman–Crippen MR) is 69.0 cm³/mol. The lowest BCUT2D eigenvalue weighted by atomic mass is 10.3. The van der Waals surface area contributed by atoms with Gasteiger partial charge in [0, 0.05) is 13.7 Å². The first kappa shape index (κ1) is 15.6. The Morgan fingerprint density at radius 2 is 2.16 bits per heavy atom. The van der Waals surface area contributed by atoms with E-state index in [0.29, 0.717) is 25.5 Å².